The van der Waals surface area contributed by atoms with E-state index in [1.165, 1.54) is 6.08 Å². The molecule has 1 aliphatic heterocycles. The summed E-state index contributed by atoms with van der Waals surface area (Å²) in [5, 5.41) is 2.92. The van der Waals surface area contributed by atoms with Crippen LogP contribution in [0, 0.1) is 6.92 Å². The minimum absolute atomic E-state index is 0.0411. The van der Waals surface area contributed by atoms with Crippen LogP contribution in [0.5, 0.6) is 0 Å². The van der Waals surface area contributed by atoms with Crippen molar-refractivity contribution in [3.63, 3.8) is 0 Å². The number of carbonyl (C=O) groups excluding carboxylic acids is 2. The van der Waals surface area contributed by atoms with Gasteiger partial charge in [0.25, 0.3) is 5.91 Å². The Morgan fingerprint density at radius 1 is 0.871 bits per heavy atom. The van der Waals surface area contributed by atoms with Crippen molar-refractivity contribution in [1.82, 2.24) is 4.90 Å². The molecule has 0 aromatic heterocycles. The molecule has 4 nitrogen and oxygen atoms in total. The van der Waals surface area contributed by atoms with Gasteiger partial charge in [-0.3, -0.25) is 9.59 Å². The van der Waals surface area contributed by atoms with Gasteiger partial charge in [-0.15, -0.1) is 0 Å². The van der Waals surface area contributed by atoms with Gasteiger partial charge in [0.1, 0.15) is 0 Å². The first-order valence-electron chi connectivity index (χ1n) is 10.7. The van der Waals surface area contributed by atoms with Crippen LogP contribution in [-0.4, -0.2) is 29.8 Å². The first-order valence-corrected chi connectivity index (χ1v) is 10.7. The van der Waals surface area contributed by atoms with E-state index in [0.717, 1.165) is 48.2 Å². The molecule has 31 heavy (non-hydrogen) atoms. The van der Waals surface area contributed by atoms with E-state index in [1.54, 1.807) is 6.08 Å². The van der Waals surface area contributed by atoms with Crippen LogP contribution in [0.1, 0.15) is 34.3 Å². The molecule has 1 N–H and O–H groups in total. The predicted molar refractivity (Wildman–Crippen MR) is 126 cm³/mol. The lowest BCUT2D eigenvalue weighted by Gasteiger charge is -2.18. The monoisotopic (exact) mass is 410 g/mol. The lowest BCUT2D eigenvalue weighted by Crippen LogP contribution is -2.28. The zero-order chi connectivity index (χ0) is 21.6. The van der Waals surface area contributed by atoms with Crippen LogP contribution in [0.25, 0.3) is 17.2 Å². The van der Waals surface area contributed by atoms with Gasteiger partial charge >= 0.3 is 0 Å². The van der Waals surface area contributed by atoms with Crippen LogP contribution >= 0.6 is 0 Å². The van der Waals surface area contributed by atoms with E-state index in [-0.39, 0.29) is 11.8 Å². The average molecular weight is 411 g/mol. The summed E-state index contributed by atoms with van der Waals surface area (Å²) in [6.07, 6.45) is 5.43. The smallest absolute Gasteiger partial charge is 0.254 e. The Kier molecular flexibility index (Phi) is 6.27. The van der Waals surface area contributed by atoms with E-state index in [9.17, 15) is 9.59 Å². The molecule has 1 heterocycles. The molecule has 4 heteroatoms. The standard InChI is InChI=1S/C27H26N2O2/c1-20-24(27(31)29-17-5-6-18-29)13-8-14-25(20)28-26(30)16-15-21-9-7-12-23(19-21)22-10-3-2-4-11-22/h2-4,7-16,19H,5-6,17-18H2,1H3,(H,28,30)/b16-15+. The maximum atomic E-state index is 12.8. The average Bonchev–Trinajstić information content (AvgIpc) is 3.35. The number of hydrogen-bond donors (Lipinski definition) is 1. The molecule has 0 unspecified atom stereocenters. The minimum Gasteiger partial charge on any atom is -0.339 e. The first-order chi connectivity index (χ1) is 15.1. The second kappa shape index (κ2) is 9.43. The van der Waals surface area contributed by atoms with Gasteiger partial charge in [-0.05, 0) is 66.3 Å². The van der Waals surface area contributed by atoms with Crippen molar-refractivity contribution in [3.05, 3.63) is 95.6 Å². The highest BCUT2D eigenvalue weighted by atomic mass is 16.2. The van der Waals surface area contributed by atoms with Crippen LogP contribution in [0.2, 0.25) is 0 Å². The molecule has 0 atom stereocenters. The molecule has 4 rings (SSSR count). The van der Waals surface area contributed by atoms with E-state index in [1.807, 2.05) is 60.4 Å². The molecule has 3 aromatic rings. The zero-order valence-corrected chi connectivity index (χ0v) is 17.7. The van der Waals surface area contributed by atoms with Crippen molar-refractivity contribution in [1.29, 1.82) is 0 Å². The molecule has 0 radical (unpaired) electrons. The number of anilines is 1. The molecule has 1 fully saturated rings. The Labute approximate surface area is 183 Å². The molecule has 156 valence electrons. The number of rotatable bonds is 5. The second-order valence-electron chi connectivity index (χ2n) is 7.79. The minimum atomic E-state index is -0.223. The van der Waals surface area contributed by atoms with E-state index < -0.39 is 0 Å². The van der Waals surface area contributed by atoms with Crippen molar-refractivity contribution >= 4 is 23.6 Å². The van der Waals surface area contributed by atoms with Crippen LogP contribution in [0.4, 0.5) is 5.69 Å². The van der Waals surface area contributed by atoms with Crippen molar-refractivity contribution in [3.8, 4) is 11.1 Å². The van der Waals surface area contributed by atoms with Gasteiger partial charge in [0.2, 0.25) is 5.91 Å². The molecular weight excluding hydrogens is 384 g/mol. The SMILES string of the molecule is Cc1c(NC(=O)/C=C/c2cccc(-c3ccccc3)c2)cccc1C(=O)N1CCCC1. The fraction of sp³-hybridized carbons (Fsp3) is 0.185. The largest absolute Gasteiger partial charge is 0.339 e. The van der Waals surface area contributed by atoms with E-state index in [2.05, 4.69) is 29.6 Å². The highest BCUT2D eigenvalue weighted by Crippen LogP contribution is 2.23. The van der Waals surface area contributed by atoms with Crippen molar-refractivity contribution in [2.24, 2.45) is 0 Å². The van der Waals surface area contributed by atoms with Crippen LogP contribution in [0.15, 0.2) is 78.9 Å². The van der Waals surface area contributed by atoms with Gasteiger partial charge in [0.15, 0.2) is 0 Å². The Bertz CT molecular complexity index is 1110. The molecule has 0 spiro atoms. The predicted octanol–water partition coefficient (Wildman–Crippen LogP) is 5.55. The maximum Gasteiger partial charge on any atom is 0.254 e. The molecular formula is C27H26N2O2. The number of hydrogen-bond acceptors (Lipinski definition) is 2. The quantitative estimate of drug-likeness (QED) is 0.561. The van der Waals surface area contributed by atoms with Crippen LogP contribution in [0.3, 0.4) is 0 Å². The highest BCUT2D eigenvalue weighted by molar-refractivity contribution is 6.04. The molecule has 1 saturated heterocycles. The number of amides is 2. The Morgan fingerprint density at radius 3 is 2.35 bits per heavy atom. The van der Waals surface area contributed by atoms with Crippen molar-refractivity contribution in [2.45, 2.75) is 19.8 Å². The van der Waals surface area contributed by atoms with E-state index in [4.69, 9.17) is 0 Å². The van der Waals surface area contributed by atoms with Gasteiger partial charge in [-0.25, -0.2) is 0 Å². The summed E-state index contributed by atoms with van der Waals surface area (Å²) in [7, 11) is 0. The fourth-order valence-corrected chi connectivity index (χ4v) is 3.89. The topological polar surface area (TPSA) is 49.4 Å². The second-order valence-corrected chi connectivity index (χ2v) is 7.79. The van der Waals surface area contributed by atoms with Gasteiger partial charge in [-0.2, -0.15) is 0 Å². The molecule has 0 saturated carbocycles. The van der Waals surface area contributed by atoms with Crippen LogP contribution in [-0.2, 0) is 4.79 Å². The highest BCUT2D eigenvalue weighted by Gasteiger charge is 2.21. The third-order valence-electron chi connectivity index (χ3n) is 5.64. The summed E-state index contributed by atoms with van der Waals surface area (Å²) in [6, 6.07) is 23.7. The number of nitrogens with zero attached hydrogens (tertiary/aromatic N) is 1. The Balaban J connectivity index is 1.46. The lowest BCUT2D eigenvalue weighted by molar-refractivity contribution is -0.111. The third kappa shape index (κ3) is 4.92. The Morgan fingerprint density at radius 2 is 1.58 bits per heavy atom. The number of likely N-dealkylation sites (tertiary alicyclic amines) is 1. The molecule has 2 amide bonds. The third-order valence-corrected chi connectivity index (χ3v) is 5.64. The summed E-state index contributed by atoms with van der Waals surface area (Å²) in [6.45, 7) is 3.49. The molecule has 1 aliphatic rings. The summed E-state index contributed by atoms with van der Waals surface area (Å²) in [5.41, 5.74) is 5.31. The summed E-state index contributed by atoms with van der Waals surface area (Å²) in [4.78, 5) is 27.2. The molecule has 0 aliphatic carbocycles. The number of carbonyl (C=O) groups is 2. The Hall–Kier alpha value is -3.66. The molecule has 0 bridgehead atoms. The van der Waals surface area contributed by atoms with Gasteiger partial charge in [0.05, 0.1) is 0 Å². The van der Waals surface area contributed by atoms with Crippen molar-refractivity contribution in [2.75, 3.05) is 18.4 Å². The van der Waals surface area contributed by atoms with Crippen LogP contribution < -0.4 is 5.32 Å². The maximum absolute atomic E-state index is 12.8. The van der Waals surface area contributed by atoms with Gasteiger partial charge in [0, 0.05) is 30.4 Å². The first kappa shape index (κ1) is 20.6. The van der Waals surface area contributed by atoms with Gasteiger partial charge in [-0.1, -0.05) is 54.6 Å². The van der Waals surface area contributed by atoms with E-state index >= 15 is 0 Å². The van der Waals surface area contributed by atoms with E-state index in [0.29, 0.717) is 11.3 Å². The molecule has 3 aromatic carbocycles. The number of nitrogens with one attached hydrogen (secondary N) is 1. The van der Waals surface area contributed by atoms with Gasteiger partial charge < -0.3 is 10.2 Å². The lowest BCUT2D eigenvalue weighted by atomic mass is 10.0. The summed E-state index contributed by atoms with van der Waals surface area (Å²) in [5.74, 6) is -0.182. The fourth-order valence-electron chi connectivity index (χ4n) is 3.89. The number of benzene rings is 3. The zero-order valence-electron chi connectivity index (χ0n) is 17.7. The summed E-state index contributed by atoms with van der Waals surface area (Å²) < 4.78 is 0. The normalized spacial score (nSPS) is 13.5. The summed E-state index contributed by atoms with van der Waals surface area (Å²) >= 11 is 0. The van der Waals surface area contributed by atoms with Crippen molar-refractivity contribution < 1.29 is 9.59 Å².